The van der Waals surface area contributed by atoms with Crippen molar-refractivity contribution < 1.29 is 4.79 Å². The van der Waals surface area contributed by atoms with Crippen LogP contribution in [0.2, 0.25) is 5.02 Å². The summed E-state index contributed by atoms with van der Waals surface area (Å²) < 4.78 is 0. The van der Waals surface area contributed by atoms with Gasteiger partial charge >= 0.3 is 0 Å². The van der Waals surface area contributed by atoms with Gasteiger partial charge in [0.05, 0.1) is 6.54 Å². The fraction of sp³-hybridized carbons (Fsp3) is 0.188. The van der Waals surface area contributed by atoms with Crippen LogP contribution in [-0.2, 0) is 4.79 Å². The number of hydrogen-bond acceptors (Lipinski definition) is 2. The molecule has 1 amide bonds. The molecule has 0 saturated heterocycles. The Morgan fingerprint density at radius 1 is 1.20 bits per heavy atom. The number of aryl methyl sites for hydroxylation is 1. The molecule has 0 aromatic heterocycles. The standard InChI is InChI=1S/C16H17ClN2O/c1-12-8-9-13(10-15(12)17)18-11-16(20)19(2)14-6-4-3-5-7-14/h3-10,18H,11H2,1-2H3. The zero-order chi connectivity index (χ0) is 14.5. The van der Waals surface area contributed by atoms with Crippen molar-refractivity contribution in [3.8, 4) is 0 Å². The monoisotopic (exact) mass is 288 g/mol. The van der Waals surface area contributed by atoms with Crippen LogP contribution in [0.1, 0.15) is 5.56 Å². The van der Waals surface area contributed by atoms with Crippen LogP contribution in [0.3, 0.4) is 0 Å². The van der Waals surface area contributed by atoms with Crippen LogP contribution in [0, 0.1) is 6.92 Å². The molecule has 104 valence electrons. The van der Waals surface area contributed by atoms with Gasteiger partial charge in [-0.2, -0.15) is 0 Å². The Morgan fingerprint density at radius 2 is 1.90 bits per heavy atom. The van der Waals surface area contributed by atoms with Crippen molar-refractivity contribution in [1.29, 1.82) is 0 Å². The van der Waals surface area contributed by atoms with Crippen LogP contribution in [0.4, 0.5) is 11.4 Å². The average Bonchev–Trinajstić information content (AvgIpc) is 2.48. The smallest absolute Gasteiger partial charge is 0.246 e. The van der Waals surface area contributed by atoms with Crippen LogP contribution in [0.5, 0.6) is 0 Å². The number of carbonyl (C=O) groups is 1. The van der Waals surface area contributed by atoms with E-state index < -0.39 is 0 Å². The minimum Gasteiger partial charge on any atom is -0.376 e. The summed E-state index contributed by atoms with van der Waals surface area (Å²) in [7, 11) is 1.77. The molecule has 3 nitrogen and oxygen atoms in total. The predicted molar refractivity (Wildman–Crippen MR) is 84.5 cm³/mol. The Kier molecular flexibility index (Phi) is 4.64. The molecule has 0 fully saturated rings. The number of amides is 1. The van der Waals surface area contributed by atoms with Crippen LogP contribution in [-0.4, -0.2) is 19.5 Å². The van der Waals surface area contributed by atoms with E-state index in [4.69, 9.17) is 11.6 Å². The highest BCUT2D eigenvalue weighted by Gasteiger charge is 2.10. The van der Waals surface area contributed by atoms with Crippen molar-refractivity contribution in [1.82, 2.24) is 0 Å². The number of benzene rings is 2. The van der Waals surface area contributed by atoms with Gasteiger partial charge in [0.15, 0.2) is 0 Å². The Morgan fingerprint density at radius 3 is 2.55 bits per heavy atom. The lowest BCUT2D eigenvalue weighted by Crippen LogP contribution is -2.32. The van der Waals surface area contributed by atoms with Gasteiger partial charge in [0.25, 0.3) is 0 Å². The van der Waals surface area contributed by atoms with Gasteiger partial charge in [-0.15, -0.1) is 0 Å². The summed E-state index contributed by atoms with van der Waals surface area (Å²) in [5.41, 5.74) is 2.74. The molecule has 0 unspecified atom stereocenters. The summed E-state index contributed by atoms with van der Waals surface area (Å²) in [4.78, 5) is 13.7. The first-order chi connectivity index (χ1) is 9.58. The van der Waals surface area contributed by atoms with Gasteiger partial charge in [0.1, 0.15) is 0 Å². The number of nitrogens with one attached hydrogen (secondary N) is 1. The van der Waals surface area contributed by atoms with Gasteiger partial charge in [-0.3, -0.25) is 4.79 Å². The van der Waals surface area contributed by atoms with Crippen LogP contribution in [0.25, 0.3) is 0 Å². The van der Waals surface area contributed by atoms with Crippen LogP contribution >= 0.6 is 11.6 Å². The molecular weight excluding hydrogens is 272 g/mol. The number of hydrogen-bond donors (Lipinski definition) is 1. The Balaban J connectivity index is 1.96. The largest absolute Gasteiger partial charge is 0.376 e. The lowest BCUT2D eigenvalue weighted by atomic mass is 10.2. The molecule has 4 heteroatoms. The molecule has 0 atom stereocenters. The van der Waals surface area contributed by atoms with E-state index in [1.807, 2.05) is 55.5 Å². The summed E-state index contributed by atoms with van der Waals surface area (Å²) >= 11 is 6.05. The molecule has 0 aliphatic rings. The van der Waals surface area contributed by atoms with Gasteiger partial charge in [-0.05, 0) is 36.8 Å². The predicted octanol–water partition coefficient (Wildman–Crippen LogP) is 3.72. The maximum Gasteiger partial charge on any atom is 0.246 e. The molecule has 2 aromatic carbocycles. The quantitative estimate of drug-likeness (QED) is 0.930. The molecule has 0 spiro atoms. The zero-order valence-electron chi connectivity index (χ0n) is 11.6. The highest BCUT2D eigenvalue weighted by atomic mass is 35.5. The number of para-hydroxylation sites is 1. The maximum absolute atomic E-state index is 12.1. The minimum absolute atomic E-state index is 0.00658. The molecule has 0 saturated carbocycles. The molecule has 0 radical (unpaired) electrons. The fourth-order valence-corrected chi connectivity index (χ4v) is 1.98. The lowest BCUT2D eigenvalue weighted by molar-refractivity contribution is -0.116. The number of carbonyl (C=O) groups excluding carboxylic acids is 1. The van der Waals surface area contributed by atoms with E-state index in [1.54, 1.807) is 11.9 Å². The molecule has 2 rings (SSSR count). The first kappa shape index (κ1) is 14.4. The Labute approximate surface area is 124 Å². The fourth-order valence-electron chi connectivity index (χ4n) is 1.79. The number of likely N-dealkylation sites (N-methyl/N-ethyl adjacent to an activating group) is 1. The lowest BCUT2D eigenvalue weighted by Gasteiger charge is -2.18. The van der Waals surface area contributed by atoms with Crippen molar-refractivity contribution in [2.24, 2.45) is 0 Å². The highest BCUT2D eigenvalue weighted by Crippen LogP contribution is 2.20. The maximum atomic E-state index is 12.1. The third kappa shape index (κ3) is 3.52. The Bertz CT molecular complexity index is 599. The van der Waals surface area contributed by atoms with Gasteiger partial charge in [0, 0.05) is 23.4 Å². The number of anilines is 2. The third-order valence-electron chi connectivity index (χ3n) is 3.13. The van der Waals surface area contributed by atoms with Crippen molar-refractivity contribution in [3.05, 3.63) is 59.1 Å². The molecule has 20 heavy (non-hydrogen) atoms. The molecular formula is C16H17ClN2O. The highest BCUT2D eigenvalue weighted by molar-refractivity contribution is 6.31. The first-order valence-electron chi connectivity index (χ1n) is 6.39. The molecule has 0 bridgehead atoms. The molecule has 0 aliphatic carbocycles. The van der Waals surface area contributed by atoms with E-state index in [1.165, 1.54) is 0 Å². The topological polar surface area (TPSA) is 32.3 Å². The third-order valence-corrected chi connectivity index (χ3v) is 3.54. The summed E-state index contributed by atoms with van der Waals surface area (Å²) in [5, 5.41) is 3.78. The van der Waals surface area contributed by atoms with Crippen molar-refractivity contribution >= 4 is 28.9 Å². The van der Waals surface area contributed by atoms with Crippen molar-refractivity contribution in [2.75, 3.05) is 23.8 Å². The molecule has 0 heterocycles. The molecule has 0 aliphatic heterocycles. The average molecular weight is 289 g/mol. The minimum atomic E-state index is -0.00658. The van der Waals surface area contributed by atoms with E-state index in [9.17, 15) is 4.79 Å². The Hall–Kier alpha value is -2.00. The number of nitrogens with zero attached hydrogens (tertiary/aromatic N) is 1. The second-order valence-corrected chi connectivity index (χ2v) is 5.01. The SMILES string of the molecule is Cc1ccc(NCC(=O)N(C)c2ccccc2)cc1Cl. The number of halogens is 1. The summed E-state index contributed by atoms with van der Waals surface area (Å²) in [6, 6.07) is 15.2. The molecule has 1 N–H and O–H groups in total. The van der Waals surface area contributed by atoms with Gasteiger partial charge in [-0.25, -0.2) is 0 Å². The van der Waals surface area contributed by atoms with E-state index in [-0.39, 0.29) is 12.5 Å². The van der Waals surface area contributed by atoms with Gasteiger partial charge < -0.3 is 10.2 Å². The van der Waals surface area contributed by atoms with Crippen molar-refractivity contribution in [2.45, 2.75) is 6.92 Å². The van der Waals surface area contributed by atoms with E-state index in [0.717, 1.165) is 16.9 Å². The summed E-state index contributed by atoms with van der Waals surface area (Å²) in [6.45, 7) is 2.17. The second kappa shape index (κ2) is 6.44. The first-order valence-corrected chi connectivity index (χ1v) is 6.77. The summed E-state index contributed by atoms with van der Waals surface area (Å²) in [5.74, 6) is -0.00658. The molecule has 2 aromatic rings. The zero-order valence-corrected chi connectivity index (χ0v) is 12.3. The van der Waals surface area contributed by atoms with Crippen LogP contribution < -0.4 is 10.2 Å². The van der Waals surface area contributed by atoms with Crippen LogP contribution in [0.15, 0.2) is 48.5 Å². The van der Waals surface area contributed by atoms with Gasteiger partial charge in [0.2, 0.25) is 5.91 Å². The normalized spacial score (nSPS) is 10.2. The van der Waals surface area contributed by atoms with Gasteiger partial charge in [-0.1, -0.05) is 35.9 Å². The van der Waals surface area contributed by atoms with E-state index in [0.29, 0.717) is 5.02 Å². The van der Waals surface area contributed by atoms with Crippen molar-refractivity contribution in [3.63, 3.8) is 0 Å². The van der Waals surface area contributed by atoms with E-state index >= 15 is 0 Å². The second-order valence-electron chi connectivity index (χ2n) is 4.61. The van der Waals surface area contributed by atoms with E-state index in [2.05, 4.69) is 5.32 Å². The summed E-state index contributed by atoms with van der Waals surface area (Å²) in [6.07, 6.45) is 0. The number of rotatable bonds is 4.